The summed E-state index contributed by atoms with van der Waals surface area (Å²) in [4.78, 5) is 14.5. The Labute approximate surface area is 91.7 Å². The van der Waals surface area contributed by atoms with E-state index in [1.165, 1.54) is 12.1 Å². The Morgan fingerprint density at radius 2 is 2.31 bits per heavy atom. The maximum atomic E-state index is 13.0. The topological polar surface area (TPSA) is 46.9 Å². The molecule has 16 heavy (non-hydrogen) atoms. The first-order chi connectivity index (χ1) is 7.72. The van der Waals surface area contributed by atoms with E-state index in [1.807, 2.05) is 6.92 Å². The van der Waals surface area contributed by atoms with E-state index in [-0.39, 0.29) is 0 Å². The number of nitrogens with zero attached hydrogens (tertiary/aromatic N) is 2. The predicted octanol–water partition coefficient (Wildman–Crippen LogP) is 1.89. The molecule has 0 saturated carbocycles. The number of halogens is 1. The number of nitrogens with one attached hydrogen (secondary N) is 1. The van der Waals surface area contributed by atoms with Gasteiger partial charge in [0, 0.05) is 12.4 Å². The molecule has 2 rings (SSSR count). The van der Waals surface area contributed by atoms with Crippen molar-refractivity contribution < 1.29 is 9.18 Å². The van der Waals surface area contributed by atoms with Gasteiger partial charge in [-0.2, -0.15) is 0 Å². The summed E-state index contributed by atoms with van der Waals surface area (Å²) >= 11 is 0. The number of carbonyl (C=O) groups excluding carboxylic acids is 1. The summed E-state index contributed by atoms with van der Waals surface area (Å²) in [5, 5.41) is 2.46. The zero-order valence-electron chi connectivity index (χ0n) is 8.64. The van der Waals surface area contributed by atoms with Crippen LogP contribution in [0.1, 0.15) is 5.82 Å². The lowest BCUT2D eigenvalue weighted by Gasteiger charge is -2.10. The molecule has 0 saturated heterocycles. The fourth-order valence-corrected chi connectivity index (χ4v) is 1.53. The third-order valence-corrected chi connectivity index (χ3v) is 2.26. The van der Waals surface area contributed by atoms with Gasteiger partial charge in [0.1, 0.15) is 11.6 Å². The van der Waals surface area contributed by atoms with E-state index < -0.39 is 5.82 Å². The molecule has 0 aliphatic carbocycles. The van der Waals surface area contributed by atoms with Gasteiger partial charge in [-0.05, 0) is 25.1 Å². The van der Waals surface area contributed by atoms with E-state index in [9.17, 15) is 9.18 Å². The number of carbonyl (C=O) groups is 1. The number of amides is 1. The molecule has 1 heterocycles. The molecule has 0 atom stereocenters. The van der Waals surface area contributed by atoms with Crippen molar-refractivity contribution in [2.75, 3.05) is 5.32 Å². The molecule has 5 heteroatoms. The van der Waals surface area contributed by atoms with Crippen LogP contribution in [0.5, 0.6) is 0 Å². The summed E-state index contributed by atoms with van der Waals surface area (Å²) in [6.45, 7) is 1.83. The fraction of sp³-hybridized carbons (Fsp3) is 0.0909. The van der Waals surface area contributed by atoms with Gasteiger partial charge in [-0.3, -0.25) is 4.79 Å². The second-order valence-corrected chi connectivity index (χ2v) is 3.27. The van der Waals surface area contributed by atoms with Crippen molar-refractivity contribution in [1.82, 2.24) is 9.55 Å². The van der Waals surface area contributed by atoms with E-state index in [0.29, 0.717) is 17.8 Å². The van der Waals surface area contributed by atoms with Gasteiger partial charge in [0.15, 0.2) is 0 Å². The number of imidazole rings is 1. The van der Waals surface area contributed by atoms with Gasteiger partial charge >= 0.3 is 0 Å². The van der Waals surface area contributed by atoms with Crippen LogP contribution >= 0.6 is 0 Å². The summed E-state index contributed by atoms with van der Waals surface area (Å²) < 4.78 is 14.8. The molecule has 0 spiro atoms. The molecule has 1 amide bonds. The maximum Gasteiger partial charge on any atom is 0.211 e. The molecule has 0 unspecified atom stereocenters. The second kappa shape index (κ2) is 4.14. The zero-order chi connectivity index (χ0) is 11.5. The molecule has 0 aliphatic rings. The Hall–Kier alpha value is -2.17. The number of benzene rings is 1. The van der Waals surface area contributed by atoms with Crippen LogP contribution in [-0.2, 0) is 4.79 Å². The van der Waals surface area contributed by atoms with Gasteiger partial charge in [0.2, 0.25) is 6.41 Å². The zero-order valence-corrected chi connectivity index (χ0v) is 8.64. The first-order valence-electron chi connectivity index (χ1n) is 4.72. The van der Waals surface area contributed by atoms with Gasteiger partial charge in [-0.15, -0.1) is 0 Å². The average molecular weight is 219 g/mol. The van der Waals surface area contributed by atoms with Crippen molar-refractivity contribution in [3.63, 3.8) is 0 Å². The summed E-state index contributed by atoms with van der Waals surface area (Å²) in [6.07, 6.45) is 3.91. The van der Waals surface area contributed by atoms with Crippen molar-refractivity contribution in [2.45, 2.75) is 6.92 Å². The first kappa shape index (κ1) is 10.4. The standard InChI is InChI=1S/C11H10FN3O/c1-8-13-4-5-15(8)11-3-2-9(12)6-10(11)14-7-16/h2-7H,1H3,(H,14,16). The molecular weight excluding hydrogens is 209 g/mol. The minimum absolute atomic E-state index is 0.397. The molecule has 0 radical (unpaired) electrons. The highest BCUT2D eigenvalue weighted by atomic mass is 19.1. The third kappa shape index (κ3) is 1.79. The molecule has 2 aromatic rings. The van der Waals surface area contributed by atoms with E-state index in [0.717, 1.165) is 5.82 Å². The lowest BCUT2D eigenvalue weighted by atomic mass is 10.2. The third-order valence-electron chi connectivity index (χ3n) is 2.26. The van der Waals surface area contributed by atoms with Crippen molar-refractivity contribution in [1.29, 1.82) is 0 Å². The molecule has 0 aliphatic heterocycles. The van der Waals surface area contributed by atoms with Crippen LogP contribution in [-0.4, -0.2) is 16.0 Å². The molecule has 1 N–H and O–H groups in total. The van der Waals surface area contributed by atoms with Gasteiger partial charge in [0.25, 0.3) is 0 Å². The molecule has 0 fully saturated rings. The quantitative estimate of drug-likeness (QED) is 0.801. The number of aryl methyl sites for hydroxylation is 1. The molecule has 1 aromatic carbocycles. The van der Waals surface area contributed by atoms with E-state index >= 15 is 0 Å². The van der Waals surface area contributed by atoms with Crippen LogP contribution in [0.25, 0.3) is 5.69 Å². The van der Waals surface area contributed by atoms with Crippen LogP contribution in [0.2, 0.25) is 0 Å². The second-order valence-electron chi connectivity index (χ2n) is 3.27. The average Bonchev–Trinajstić information content (AvgIpc) is 2.65. The lowest BCUT2D eigenvalue weighted by Crippen LogP contribution is -2.03. The minimum Gasteiger partial charge on any atom is -0.327 e. The van der Waals surface area contributed by atoms with Crippen LogP contribution < -0.4 is 5.32 Å². The SMILES string of the molecule is Cc1nccn1-c1ccc(F)cc1NC=O. The lowest BCUT2D eigenvalue weighted by molar-refractivity contribution is -0.105. The number of aromatic nitrogens is 2. The van der Waals surface area contributed by atoms with Crippen LogP contribution in [0.3, 0.4) is 0 Å². The number of rotatable bonds is 3. The molecular formula is C11H10FN3O. The normalized spacial score (nSPS) is 10.1. The van der Waals surface area contributed by atoms with Gasteiger partial charge < -0.3 is 9.88 Å². The van der Waals surface area contributed by atoms with E-state index in [4.69, 9.17) is 0 Å². The number of anilines is 1. The highest BCUT2D eigenvalue weighted by Crippen LogP contribution is 2.22. The summed E-state index contributed by atoms with van der Waals surface area (Å²) in [5.74, 6) is 0.367. The summed E-state index contributed by atoms with van der Waals surface area (Å²) in [6, 6.07) is 4.20. The Morgan fingerprint density at radius 3 is 2.94 bits per heavy atom. The number of hydrogen-bond donors (Lipinski definition) is 1. The monoisotopic (exact) mass is 219 g/mol. The van der Waals surface area contributed by atoms with Crippen molar-refractivity contribution >= 4 is 12.1 Å². The fourth-order valence-electron chi connectivity index (χ4n) is 1.53. The Bertz CT molecular complexity index is 522. The largest absolute Gasteiger partial charge is 0.327 e. The maximum absolute atomic E-state index is 13.0. The molecule has 82 valence electrons. The Morgan fingerprint density at radius 1 is 1.50 bits per heavy atom. The van der Waals surface area contributed by atoms with Gasteiger partial charge in [0.05, 0.1) is 11.4 Å². The highest BCUT2D eigenvalue weighted by Gasteiger charge is 2.07. The number of hydrogen-bond acceptors (Lipinski definition) is 2. The smallest absolute Gasteiger partial charge is 0.211 e. The van der Waals surface area contributed by atoms with Gasteiger partial charge in [-0.1, -0.05) is 0 Å². The van der Waals surface area contributed by atoms with Crippen LogP contribution in [0.15, 0.2) is 30.6 Å². The Kier molecular flexibility index (Phi) is 2.68. The van der Waals surface area contributed by atoms with Crippen molar-refractivity contribution in [2.24, 2.45) is 0 Å². The molecule has 1 aromatic heterocycles. The van der Waals surface area contributed by atoms with Crippen molar-refractivity contribution in [3.8, 4) is 5.69 Å². The van der Waals surface area contributed by atoms with Crippen LogP contribution in [0, 0.1) is 12.7 Å². The highest BCUT2D eigenvalue weighted by molar-refractivity contribution is 5.77. The van der Waals surface area contributed by atoms with E-state index in [1.54, 1.807) is 23.0 Å². The molecule has 4 nitrogen and oxygen atoms in total. The minimum atomic E-state index is -0.397. The summed E-state index contributed by atoms with van der Waals surface area (Å²) in [7, 11) is 0. The Balaban J connectivity index is 2.55. The van der Waals surface area contributed by atoms with Crippen LogP contribution in [0.4, 0.5) is 10.1 Å². The first-order valence-corrected chi connectivity index (χ1v) is 4.72. The van der Waals surface area contributed by atoms with Gasteiger partial charge in [-0.25, -0.2) is 9.37 Å². The summed E-state index contributed by atoms with van der Waals surface area (Å²) in [5.41, 5.74) is 1.10. The van der Waals surface area contributed by atoms with Crippen molar-refractivity contribution in [3.05, 3.63) is 42.2 Å². The van der Waals surface area contributed by atoms with E-state index in [2.05, 4.69) is 10.3 Å². The molecule has 0 bridgehead atoms. The predicted molar refractivity (Wildman–Crippen MR) is 57.9 cm³/mol.